The maximum Gasteiger partial charge on any atom is 0.330 e. The predicted molar refractivity (Wildman–Crippen MR) is 129 cm³/mol. The van der Waals surface area contributed by atoms with Gasteiger partial charge in [0.25, 0.3) is 5.56 Å². The summed E-state index contributed by atoms with van der Waals surface area (Å²) in [6.45, 7) is 0.193. The SMILES string of the molecule is Nc1c(N(Cc2ccccc2)C(=O)Cc2ccc(F)cc2)c(=O)[nH]c(=O)n1Cc1ccccc1. The first kappa shape index (κ1) is 22.7. The average Bonchev–Trinajstić information content (AvgIpc) is 2.84. The van der Waals surface area contributed by atoms with Crippen molar-refractivity contribution in [2.24, 2.45) is 0 Å². The molecule has 4 aromatic rings. The molecule has 0 spiro atoms. The fraction of sp³-hybridized carbons (Fsp3) is 0.115. The summed E-state index contributed by atoms with van der Waals surface area (Å²) >= 11 is 0. The maximum atomic E-state index is 13.4. The Morgan fingerprint density at radius 1 is 0.853 bits per heavy atom. The number of amides is 1. The molecular formula is C26H23FN4O3. The minimum absolute atomic E-state index is 0.0672. The van der Waals surface area contributed by atoms with E-state index in [0.717, 1.165) is 11.1 Å². The van der Waals surface area contributed by atoms with Gasteiger partial charge in [-0.15, -0.1) is 0 Å². The van der Waals surface area contributed by atoms with Crippen molar-refractivity contribution < 1.29 is 9.18 Å². The number of aromatic amines is 1. The van der Waals surface area contributed by atoms with Crippen LogP contribution < -0.4 is 21.9 Å². The van der Waals surface area contributed by atoms with Gasteiger partial charge in [0, 0.05) is 0 Å². The zero-order valence-electron chi connectivity index (χ0n) is 18.3. The van der Waals surface area contributed by atoms with Crippen LogP contribution in [0, 0.1) is 5.82 Å². The molecule has 0 radical (unpaired) electrons. The standard InChI is InChI=1S/C26H23FN4O3/c27-21-13-11-18(12-14-21)15-22(32)30(16-19-7-3-1-4-8-19)23-24(28)31(26(34)29-25(23)33)17-20-9-5-2-6-10-20/h1-14H,15-17,28H2,(H,29,33,34). The number of nitrogens with one attached hydrogen (secondary N) is 1. The number of nitrogens with two attached hydrogens (primary N) is 1. The molecule has 0 aliphatic heterocycles. The number of aromatic nitrogens is 2. The maximum absolute atomic E-state index is 13.4. The van der Waals surface area contributed by atoms with E-state index in [9.17, 15) is 18.8 Å². The van der Waals surface area contributed by atoms with E-state index >= 15 is 0 Å². The van der Waals surface area contributed by atoms with Crippen LogP contribution in [0.5, 0.6) is 0 Å². The van der Waals surface area contributed by atoms with Crippen molar-refractivity contribution in [3.63, 3.8) is 0 Å². The van der Waals surface area contributed by atoms with Gasteiger partial charge in [-0.1, -0.05) is 72.8 Å². The highest BCUT2D eigenvalue weighted by Crippen LogP contribution is 2.22. The molecule has 0 fully saturated rings. The van der Waals surface area contributed by atoms with Gasteiger partial charge >= 0.3 is 5.69 Å². The van der Waals surface area contributed by atoms with E-state index in [-0.39, 0.29) is 31.0 Å². The molecule has 1 aromatic heterocycles. The Morgan fingerprint density at radius 2 is 1.44 bits per heavy atom. The van der Waals surface area contributed by atoms with Crippen LogP contribution in [0.2, 0.25) is 0 Å². The highest BCUT2D eigenvalue weighted by molar-refractivity contribution is 5.96. The molecule has 0 bridgehead atoms. The Labute approximate surface area is 194 Å². The third-order valence-electron chi connectivity index (χ3n) is 5.42. The monoisotopic (exact) mass is 458 g/mol. The molecule has 0 saturated carbocycles. The van der Waals surface area contributed by atoms with E-state index in [1.807, 2.05) is 60.7 Å². The summed E-state index contributed by atoms with van der Waals surface area (Å²) in [6, 6.07) is 23.9. The molecule has 0 atom stereocenters. The van der Waals surface area contributed by atoms with Crippen LogP contribution in [-0.4, -0.2) is 15.5 Å². The summed E-state index contributed by atoms with van der Waals surface area (Å²) in [4.78, 5) is 42.4. The van der Waals surface area contributed by atoms with Gasteiger partial charge in [0.2, 0.25) is 5.91 Å². The molecule has 0 aliphatic carbocycles. The molecule has 1 heterocycles. The number of H-pyrrole nitrogens is 1. The van der Waals surface area contributed by atoms with E-state index in [0.29, 0.717) is 5.56 Å². The second kappa shape index (κ2) is 9.99. The average molecular weight is 458 g/mol. The predicted octanol–water partition coefficient (Wildman–Crippen LogP) is 3.08. The van der Waals surface area contributed by atoms with Crippen LogP contribution >= 0.6 is 0 Å². The number of anilines is 2. The first-order chi connectivity index (χ1) is 16.4. The molecule has 4 rings (SSSR count). The molecule has 172 valence electrons. The fourth-order valence-electron chi connectivity index (χ4n) is 3.69. The minimum atomic E-state index is -0.754. The first-order valence-corrected chi connectivity index (χ1v) is 10.7. The largest absolute Gasteiger partial charge is 0.383 e. The van der Waals surface area contributed by atoms with Gasteiger partial charge in [-0.05, 0) is 28.8 Å². The molecule has 8 heteroatoms. The fourth-order valence-corrected chi connectivity index (χ4v) is 3.69. The Hall–Kier alpha value is -4.46. The number of nitrogen functional groups attached to an aromatic ring is 1. The summed E-state index contributed by atoms with van der Waals surface area (Å²) < 4.78 is 14.5. The third kappa shape index (κ3) is 5.12. The number of halogens is 1. The number of carbonyl (C=O) groups is 1. The van der Waals surface area contributed by atoms with Crippen LogP contribution in [0.1, 0.15) is 16.7 Å². The van der Waals surface area contributed by atoms with Crippen molar-refractivity contribution in [2.45, 2.75) is 19.5 Å². The van der Waals surface area contributed by atoms with Crippen LogP contribution in [0.3, 0.4) is 0 Å². The van der Waals surface area contributed by atoms with Gasteiger partial charge in [-0.3, -0.25) is 24.0 Å². The quantitative estimate of drug-likeness (QED) is 0.444. The minimum Gasteiger partial charge on any atom is -0.383 e. The topological polar surface area (TPSA) is 101 Å². The Balaban J connectivity index is 1.77. The zero-order valence-corrected chi connectivity index (χ0v) is 18.3. The first-order valence-electron chi connectivity index (χ1n) is 10.7. The zero-order chi connectivity index (χ0) is 24.1. The Morgan fingerprint density at radius 3 is 2.06 bits per heavy atom. The molecule has 0 aliphatic rings. The van der Waals surface area contributed by atoms with Gasteiger partial charge in [-0.25, -0.2) is 9.18 Å². The van der Waals surface area contributed by atoms with Gasteiger partial charge in [0.05, 0.1) is 19.5 Å². The Kier molecular flexibility index (Phi) is 6.68. The normalized spacial score (nSPS) is 10.7. The van der Waals surface area contributed by atoms with Gasteiger partial charge in [0.1, 0.15) is 11.6 Å². The number of hydrogen-bond acceptors (Lipinski definition) is 4. The lowest BCUT2D eigenvalue weighted by molar-refractivity contribution is -0.118. The van der Waals surface area contributed by atoms with Crippen LogP contribution in [0.15, 0.2) is 94.5 Å². The number of hydrogen-bond donors (Lipinski definition) is 2. The molecular weight excluding hydrogens is 435 g/mol. The number of carbonyl (C=O) groups excluding carboxylic acids is 1. The van der Waals surface area contributed by atoms with Crippen molar-refractivity contribution >= 4 is 17.4 Å². The number of benzene rings is 3. The van der Waals surface area contributed by atoms with Crippen molar-refractivity contribution in [1.82, 2.24) is 9.55 Å². The van der Waals surface area contributed by atoms with Gasteiger partial charge in [0.15, 0.2) is 5.69 Å². The van der Waals surface area contributed by atoms with E-state index < -0.39 is 23.0 Å². The molecule has 7 nitrogen and oxygen atoms in total. The Bertz CT molecular complexity index is 1400. The molecule has 34 heavy (non-hydrogen) atoms. The van der Waals surface area contributed by atoms with E-state index in [1.54, 1.807) is 0 Å². The van der Waals surface area contributed by atoms with Crippen molar-refractivity contribution in [3.8, 4) is 0 Å². The lowest BCUT2D eigenvalue weighted by Gasteiger charge is -2.25. The summed E-state index contributed by atoms with van der Waals surface area (Å²) in [7, 11) is 0. The van der Waals surface area contributed by atoms with Crippen LogP contribution in [0.4, 0.5) is 15.9 Å². The summed E-state index contributed by atoms with van der Waals surface area (Å²) in [5.74, 6) is -0.940. The highest BCUT2D eigenvalue weighted by atomic mass is 19.1. The molecule has 3 aromatic carbocycles. The van der Waals surface area contributed by atoms with E-state index in [4.69, 9.17) is 5.73 Å². The number of rotatable bonds is 7. The van der Waals surface area contributed by atoms with E-state index in [1.165, 1.54) is 33.7 Å². The molecule has 1 amide bonds. The third-order valence-corrected chi connectivity index (χ3v) is 5.42. The van der Waals surface area contributed by atoms with Crippen LogP contribution in [0.25, 0.3) is 0 Å². The molecule has 0 saturated heterocycles. The molecule has 0 unspecified atom stereocenters. The summed E-state index contributed by atoms with van der Waals surface area (Å²) in [5, 5.41) is 0. The lowest BCUT2D eigenvalue weighted by Crippen LogP contribution is -2.41. The second-order valence-electron chi connectivity index (χ2n) is 7.83. The van der Waals surface area contributed by atoms with Gasteiger partial charge < -0.3 is 5.73 Å². The van der Waals surface area contributed by atoms with Crippen molar-refractivity contribution in [3.05, 3.63) is 128 Å². The lowest BCUT2D eigenvalue weighted by atomic mass is 10.1. The summed E-state index contributed by atoms with van der Waals surface area (Å²) in [5.41, 5.74) is 6.97. The second-order valence-corrected chi connectivity index (χ2v) is 7.83. The van der Waals surface area contributed by atoms with Crippen molar-refractivity contribution in [1.29, 1.82) is 0 Å². The van der Waals surface area contributed by atoms with E-state index in [2.05, 4.69) is 4.98 Å². The smallest absolute Gasteiger partial charge is 0.330 e. The van der Waals surface area contributed by atoms with Crippen molar-refractivity contribution in [2.75, 3.05) is 10.6 Å². The van der Waals surface area contributed by atoms with Crippen LogP contribution in [-0.2, 0) is 24.3 Å². The van der Waals surface area contributed by atoms with Gasteiger partial charge in [-0.2, -0.15) is 0 Å². The number of nitrogens with zero attached hydrogens (tertiary/aromatic N) is 2. The molecule has 3 N–H and O–H groups in total. The highest BCUT2D eigenvalue weighted by Gasteiger charge is 2.25. The summed E-state index contributed by atoms with van der Waals surface area (Å²) in [6.07, 6.45) is -0.0796.